The van der Waals surface area contributed by atoms with Crippen molar-refractivity contribution in [3.8, 4) is 28.3 Å². The summed E-state index contributed by atoms with van der Waals surface area (Å²) < 4.78 is 18.8. The first kappa shape index (κ1) is 30.4. The highest BCUT2D eigenvalue weighted by atomic mass is 32.1. The van der Waals surface area contributed by atoms with Gasteiger partial charge in [-0.3, -0.25) is 4.57 Å². The van der Waals surface area contributed by atoms with Crippen molar-refractivity contribution in [3.05, 3.63) is 158 Å². The van der Waals surface area contributed by atoms with Crippen molar-refractivity contribution in [1.29, 1.82) is 0 Å². The van der Waals surface area contributed by atoms with Gasteiger partial charge in [0.1, 0.15) is 27.2 Å². The van der Waals surface area contributed by atoms with Crippen LogP contribution in [-0.2, 0) is 0 Å². The largest absolute Gasteiger partial charge is 0.456 e. The van der Waals surface area contributed by atoms with Crippen LogP contribution in [0.15, 0.2) is 167 Å². The molecule has 0 bridgehead atoms. The molecule has 6 nitrogen and oxygen atoms in total. The van der Waals surface area contributed by atoms with Gasteiger partial charge in [0, 0.05) is 58.7 Å². The number of rotatable bonds is 3. The minimum absolute atomic E-state index is 0.645. The maximum Gasteiger partial charge on any atom is 0.236 e. The molecule has 0 saturated carbocycles. The molecule has 15 rings (SSSR count). The van der Waals surface area contributed by atoms with Crippen molar-refractivity contribution >= 4 is 125 Å². The molecule has 0 aliphatic heterocycles. The SMILES string of the molecule is c1ccc2c(c1)oc1cc(-c3ccc(-c4nc(-n5c6ccc7oc8ccc9c%10ccccc%10n%10c%11cccc5c%11c6c7c8c9%10)nc5sc6ccccc6c45)cc3)ccc12. The van der Waals surface area contributed by atoms with E-state index in [-0.39, 0.29) is 0 Å². The fraction of sp³-hybridized carbons (Fsp3) is 0. The van der Waals surface area contributed by atoms with Gasteiger partial charge >= 0.3 is 0 Å². The Bertz CT molecular complexity index is 4250. The van der Waals surface area contributed by atoms with E-state index in [1.54, 1.807) is 11.3 Å². The van der Waals surface area contributed by atoms with E-state index in [0.717, 1.165) is 98.4 Å². The van der Waals surface area contributed by atoms with Crippen molar-refractivity contribution in [1.82, 2.24) is 18.9 Å². The van der Waals surface area contributed by atoms with Gasteiger partial charge in [-0.15, -0.1) is 11.3 Å². The van der Waals surface area contributed by atoms with Crippen molar-refractivity contribution in [3.63, 3.8) is 0 Å². The van der Waals surface area contributed by atoms with E-state index in [1.165, 1.54) is 37.3 Å². The van der Waals surface area contributed by atoms with Crippen molar-refractivity contribution in [2.45, 2.75) is 0 Å². The topological polar surface area (TPSA) is 61.4 Å². The molecule has 0 aliphatic carbocycles. The molecule has 15 aromatic rings. The van der Waals surface area contributed by atoms with Crippen LogP contribution < -0.4 is 0 Å². The van der Waals surface area contributed by atoms with Gasteiger partial charge in [0.2, 0.25) is 5.95 Å². The number of furan rings is 2. The molecule has 0 amide bonds. The first-order chi connectivity index (χ1) is 29.2. The van der Waals surface area contributed by atoms with Crippen LogP contribution >= 0.6 is 11.3 Å². The zero-order valence-corrected chi connectivity index (χ0v) is 31.8. The molecule has 0 atom stereocenters. The Morgan fingerprint density at radius 2 is 1.08 bits per heavy atom. The molecule has 0 radical (unpaired) electrons. The number of aromatic nitrogens is 4. The number of para-hydroxylation sites is 2. The molecule has 272 valence electrons. The summed E-state index contributed by atoms with van der Waals surface area (Å²) in [4.78, 5) is 12.0. The molecule has 0 fully saturated rings. The summed E-state index contributed by atoms with van der Waals surface area (Å²) in [7, 11) is 0. The highest BCUT2D eigenvalue weighted by molar-refractivity contribution is 7.25. The smallest absolute Gasteiger partial charge is 0.236 e. The summed E-state index contributed by atoms with van der Waals surface area (Å²) in [6, 6.07) is 56.1. The molecular weight excluding hydrogens is 745 g/mol. The average molecular weight is 771 g/mol. The quantitative estimate of drug-likeness (QED) is 0.179. The number of hydrogen-bond donors (Lipinski definition) is 0. The van der Waals surface area contributed by atoms with Gasteiger partial charge in [-0.05, 0) is 77.9 Å². The minimum Gasteiger partial charge on any atom is -0.456 e. The molecule has 0 unspecified atom stereocenters. The second kappa shape index (κ2) is 10.6. The summed E-state index contributed by atoms with van der Waals surface area (Å²) in [6.07, 6.45) is 0. The normalized spacial score (nSPS) is 12.7. The van der Waals surface area contributed by atoms with Crippen LogP contribution in [0.4, 0.5) is 0 Å². The van der Waals surface area contributed by atoms with Gasteiger partial charge < -0.3 is 13.2 Å². The fourth-order valence-electron chi connectivity index (χ4n) is 10.2. The van der Waals surface area contributed by atoms with Crippen LogP contribution in [0.2, 0.25) is 0 Å². The van der Waals surface area contributed by atoms with E-state index in [0.29, 0.717) is 5.95 Å². The zero-order valence-electron chi connectivity index (χ0n) is 31.0. The van der Waals surface area contributed by atoms with Crippen molar-refractivity contribution < 1.29 is 8.83 Å². The molecule has 7 heterocycles. The summed E-state index contributed by atoms with van der Waals surface area (Å²) in [5.41, 5.74) is 13.4. The Labute approximate surface area is 337 Å². The first-order valence-electron chi connectivity index (χ1n) is 19.8. The van der Waals surface area contributed by atoms with Gasteiger partial charge in [0.25, 0.3) is 0 Å². The molecule has 7 heteroatoms. The molecule has 7 aromatic heterocycles. The van der Waals surface area contributed by atoms with Crippen LogP contribution in [0.25, 0.3) is 142 Å². The van der Waals surface area contributed by atoms with Crippen molar-refractivity contribution in [2.24, 2.45) is 0 Å². The zero-order chi connectivity index (χ0) is 38.1. The molecular formula is C52H26N4O2S. The third-order valence-corrected chi connectivity index (χ3v) is 13.8. The van der Waals surface area contributed by atoms with Crippen LogP contribution in [-0.4, -0.2) is 18.9 Å². The Kier molecular flexibility index (Phi) is 5.46. The van der Waals surface area contributed by atoms with Crippen LogP contribution in [0, 0.1) is 0 Å². The van der Waals surface area contributed by atoms with Gasteiger partial charge in [-0.2, -0.15) is 0 Å². The lowest BCUT2D eigenvalue weighted by atomic mass is 10.00. The number of hydrogen-bond acceptors (Lipinski definition) is 5. The van der Waals surface area contributed by atoms with Gasteiger partial charge in [-0.1, -0.05) is 91.0 Å². The van der Waals surface area contributed by atoms with E-state index in [2.05, 4.69) is 155 Å². The van der Waals surface area contributed by atoms with E-state index in [9.17, 15) is 0 Å². The number of benzene rings is 8. The molecule has 8 aromatic carbocycles. The van der Waals surface area contributed by atoms with E-state index < -0.39 is 0 Å². The average Bonchev–Trinajstić information content (AvgIpc) is 4.08. The van der Waals surface area contributed by atoms with Crippen molar-refractivity contribution in [2.75, 3.05) is 0 Å². The fourth-order valence-corrected chi connectivity index (χ4v) is 11.3. The molecule has 0 aliphatic rings. The third kappa shape index (κ3) is 3.77. The Morgan fingerprint density at radius 1 is 0.407 bits per heavy atom. The monoisotopic (exact) mass is 770 g/mol. The Balaban J connectivity index is 1.00. The van der Waals surface area contributed by atoms with E-state index in [4.69, 9.17) is 18.8 Å². The predicted octanol–water partition coefficient (Wildman–Crippen LogP) is 14.5. The maximum atomic E-state index is 6.64. The molecule has 0 spiro atoms. The Hall–Kier alpha value is -7.74. The lowest BCUT2D eigenvalue weighted by Gasteiger charge is -2.11. The van der Waals surface area contributed by atoms with Crippen LogP contribution in [0.3, 0.4) is 0 Å². The summed E-state index contributed by atoms with van der Waals surface area (Å²) in [5, 5.41) is 11.6. The summed E-state index contributed by atoms with van der Waals surface area (Å²) in [6.45, 7) is 0. The molecule has 0 saturated heterocycles. The molecule has 0 N–H and O–H groups in total. The lowest BCUT2D eigenvalue weighted by Crippen LogP contribution is -2.02. The second-order valence-corrected chi connectivity index (χ2v) is 16.7. The van der Waals surface area contributed by atoms with Gasteiger partial charge in [-0.25, -0.2) is 9.97 Å². The maximum absolute atomic E-state index is 6.64. The standard InChI is InChI=1S/C52H26N4O2S/c1-4-11-35-30(8-1)33-22-24-41-48-47-40(58-41)25-23-38-46(47)45-36(55(35)50(33)48)12-7-13-37(45)56(38)52-53-49(44-34-10-3-6-15-43(34)59-51(44)54-52)28-18-16-27(17-19-28)29-20-21-32-31-9-2-5-14-39(31)57-42(32)26-29/h1-26H. The Morgan fingerprint density at radius 3 is 2.02 bits per heavy atom. The van der Waals surface area contributed by atoms with E-state index in [1.807, 2.05) is 12.1 Å². The summed E-state index contributed by atoms with van der Waals surface area (Å²) in [5.74, 6) is 0.645. The van der Waals surface area contributed by atoms with Gasteiger partial charge in [0.15, 0.2) is 0 Å². The highest BCUT2D eigenvalue weighted by Gasteiger charge is 2.27. The highest BCUT2D eigenvalue weighted by Crippen LogP contribution is 2.49. The summed E-state index contributed by atoms with van der Waals surface area (Å²) >= 11 is 1.72. The first-order valence-corrected chi connectivity index (χ1v) is 20.6. The lowest BCUT2D eigenvalue weighted by molar-refractivity contribution is 0.669. The predicted molar refractivity (Wildman–Crippen MR) is 243 cm³/mol. The number of nitrogens with zero attached hydrogens (tertiary/aromatic N) is 4. The van der Waals surface area contributed by atoms with Crippen LogP contribution in [0.5, 0.6) is 0 Å². The third-order valence-electron chi connectivity index (χ3n) is 12.7. The number of fused-ring (bicyclic) bond motifs is 10. The van der Waals surface area contributed by atoms with Gasteiger partial charge in [0.05, 0.1) is 38.7 Å². The molecule has 59 heavy (non-hydrogen) atoms. The second-order valence-electron chi connectivity index (χ2n) is 15.7. The minimum atomic E-state index is 0.645. The van der Waals surface area contributed by atoms with E-state index >= 15 is 0 Å². The van der Waals surface area contributed by atoms with Crippen LogP contribution in [0.1, 0.15) is 0 Å². The number of thiophene rings is 1.